The molecule has 1 aliphatic carbocycles. The van der Waals surface area contributed by atoms with Crippen LogP contribution in [0.1, 0.15) is 68.4 Å². The number of hydroxylamine groups is 1. The molecule has 0 spiro atoms. The van der Waals surface area contributed by atoms with Crippen molar-refractivity contribution in [3.63, 3.8) is 0 Å². The third-order valence-corrected chi connectivity index (χ3v) is 6.49. The molecule has 1 aromatic carbocycles. The van der Waals surface area contributed by atoms with Crippen molar-refractivity contribution in [2.45, 2.75) is 64.1 Å². The average molecular weight is 511 g/mol. The van der Waals surface area contributed by atoms with E-state index in [1.165, 1.54) is 4.57 Å². The van der Waals surface area contributed by atoms with Crippen molar-refractivity contribution in [2.24, 2.45) is 7.05 Å². The van der Waals surface area contributed by atoms with E-state index in [9.17, 15) is 19.5 Å². The molecule has 5 N–H and O–H groups in total. The molecule has 0 radical (unpaired) electrons. The van der Waals surface area contributed by atoms with E-state index < -0.39 is 11.5 Å². The predicted molar refractivity (Wildman–Crippen MR) is 139 cm³/mol. The van der Waals surface area contributed by atoms with Gasteiger partial charge in [0.05, 0.1) is 11.7 Å². The number of carbonyl (C=O) groups is 2. The van der Waals surface area contributed by atoms with Crippen LogP contribution in [0.25, 0.3) is 22.0 Å². The van der Waals surface area contributed by atoms with Crippen LogP contribution in [0.4, 0.5) is 0 Å². The molecule has 1 aliphatic rings. The Morgan fingerprint density at radius 3 is 2.59 bits per heavy atom. The van der Waals surface area contributed by atoms with E-state index in [4.69, 9.17) is 9.94 Å². The number of nitrogens with one attached hydrogen (secondary N) is 3. The van der Waals surface area contributed by atoms with Crippen LogP contribution in [0.3, 0.4) is 0 Å². The maximum absolute atomic E-state index is 12.9. The number of pyridine rings is 1. The number of amides is 2. The number of unbranched alkanes of at least 4 members (excludes halogenated alkanes) is 2. The summed E-state index contributed by atoms with van der Waals surface area (Å²) in [7, 11) is 1.66. The molecule has 198 valence electrons. The Kier molecular flexibility index (Phi) is 7.70. The second kappa shape index (κ2) is 10.8. The van der Waals surface area contributed by atoms with Gasteiger partial charge in [-0.1, -0.05) is 12.5 Å². The zero-order chi connectivity index (χ0) is 26.7. The zero-order valence-electron chi connectivity index (χ0n) is 21.4. The highest BCUT2D eigenvalue weighted by Crippen LogP contribution is 2.39. The first-order chi connectivity index (χ1) is 17.6. The maximum Gasteiger partial charge on any atom is 0.274 e. The smallest absolute Gasteiger partial charge is 0.274 e. The predicted octanol–water partition coefficient (Wildman–Crippen LogP) is 3.10. The quantitative estimate of drug-likeness (QED) is 0.152. The second-order valence-electron chi connectivity index (χ2n) is 10.1. The van der Waals surface area contributed by atoms with Crippen LogP contribution in [-0.2, 0) is 17.4 Å². The summed E-state index contributed by atoms with van der Waals surface area (Å²) in [5.41, 5.74) is 3.01. The number of hydrogen-bond acceptors (Lipinski definition) is 6. The van der Waals surface area contributed by atoms with Gasteiger partial charge >= 0.3 is 0 Å². The summed E-state index contributed by atoms with van der Waals surface area (Å²) in [5, 5.41) is 22.6. The number of aromatic nitrogens is 2. The van der Waals surface area contributed by atoms with E-state index in [1.54, 1.807) is 38.6 Å². The number of aryl methyl sites for hydroxylation is 1. The molecule has 10 heteroatoms. The van der Waals surface area contributed by atoms with E-state index >= 15 is 0 Å². The fourth-order valence-corrected chi connectivity index (χ4v) is 4.20. The van der Waals surface area contributed by atoms with Gasteiger partial charge in [0.25, 0.3) is 11.5 Å². The number of aliphatic hydroxyl groups is 1. The standard InChI is InChI=1S/C27H34N4O6/c1-27(2,35)16-8-11-22(37-17-9-10-17)18(13-16)20-15-31(3)26(34)24-19(20)14-21(29-24)25(33)28-12-6-4-5-7-23(32)30-36/h8,11,13-15,17,29,35-36H,4-7,9-10,12H2,1-3H3,(H,28,33)(H,30,32). The Balaban J connectivity index is 1.62. The van der Waals surface area contributed by atoms with E-state index in [2.05, 4.69) is 10.3 Å². The van der Waals surface area contributed by atoms with Crippen LogP contribution in [0.2, 0.25) is 0 Å². The molecule has 2 heterocycles. The zero-order valence-corrected chi connectivity index (χ0v) is 21.4. The minimum atomic E-state index is -1.07. The third kappa shape index (κ3) is 6.20. The topological polar surface area (TPSA) is 146 Å². The Morgan fingerprint density at radius 2 is 1.92 bits per heavy atom. The molecule has 3 aromatic rings. The number of nitrogens with zero attached hydrogens (tertiary/aromatic N) is 1. The molecule has 0 atom stereocenters. The second-order valence-corrected chi connectivity index (χ2v) is 10.1. The van der Waals surface area contributed by atoms with Gasteiger partial charge in [-0.2, -0.15) is 0 Å². The Hall–Kier alpha value is -3.63. The third-order valence-electron chi connectivity index (χ3n) is 6.49. The number of fused-ring (bicyclic) bond motifs is 1. The molecular weight excluding hydrogens is 476 g/mol. The largest absolute Gasteiger partial charge is 0.490 e. The summed E-state index contributed by atoms with van der Waals surface area (Å²) in [6.45, 7) is 3.83. The van der Waals surface area contributed by atoms with Crippen molar-refractivity contribution in [3.05, 3.63) is 52.1 Å². The van der Waals surface area contributed by atoms with E-state index in [1.807, 2.05) is 18.2 Å². The minimum absolute atomic E-state index is 0.153. The van der Waals surface area contributed by atoms with Crippen LogP contribution in [0.5, 0.6) is 5.75 Å². The van der Waals surface area contributed by atoms with Crippen molar-refractivity contribution >= 4 is 22.7 Å². The van der Waals surface area contributed by atoms with Gasteiger partial charge in [-0.15, -0.1) is 0 Å². The number of ether oxygens (including phenoxy) is 1. The van der Waals surface area contributed by atoms with Crippen LogP contribution in [-0.4, -0.2) is 44.3 Å². The molecule has 1 fully saturated rings. The number of hydrogen-bond donors (Lipinski definition) is 5. The lowest BCUT2D eigenvalue weighted by Crippen LogP contribution is -2.25. The number of aromatic amines is 1. The Labute approximate surface area is 214 Å². The highest BCUT2D eigenvalue weighted by molar-refractivity contribution is 6.03. The molecule has 4 rings (SSSR count). The minimum Gasteiger partial charge on any atom is -0.490 e. The number of H-pyrrole nitrogens is 1. The fraction of sp³-hybridized carbons (Fsp3) is 0.444. The van der Waals surface area contributed by atoms with Crippen LogP contribution >= 0.6 is 0 Å². The molecule has 0 bridgehead atoms. The van der Waals surface area contributed by atoms with Gasteiger partial charge in [-0.3, -0.25) is 19.6 Å². The van der Waals surface area contributed by atoms with Crippen LogP contribution < -0.4 is 21.1 Å². The molecular formula is C27H34N4O6. The van der Waals surface area contributed by atoms with Gasteiger partial charge in [-0.25, -0.2) is 5.48 Å². The van der Waals surface area contributed by atoms with Gasteiger partial charge in [0.15, 0.2) is 0 Å². The van der Waals surface area contributed by atoms with E-state index in [-0.39, 0.29) is 29.7 Å². The number of benzene rings is 1. The lowest BCUT2D eigenvalue weighted by atomic mass is 9.93. The van der Waals surface area contributed by atoms with E-state index in [0.29, 0.717) is 48.0 Å². The molecule has 10 nitrogen and oxygen atoms in total. The SMILES string of the molecule is Cn1cc(-c2cc(C(C)(C)O)ccc2OC2CC2)c2cc(C(=O)NCCCCCC(=O)NO)[nH]c2c1=O. The first kappa shape index (κ1) is 26.4. The van der Waals surface area contributed by atoms with Crippen molar-refractivity contribution in [2.75, 3.05) is 6.54 Å². The molecule has 0 saturated heterocycles. The fourth-order valence-electron chi connectivity index (χ4n) is 4.20. The number of rotatable bonds is 11. The average Bonchev–Trinajstić information content (AvgIpc) is 3.56. The van der Waals surface area contributed by atoms with Crippen molar-refractivity contribution < 1.29 is 24.6 Å². The first-order valence-electron chi connectivity index (χ1n) is 12.6. The highest BCUT2D eigenvalue weighted by atomic mass is 16.5. The van der Waals surface area contributed by atoms with Gasteiger partial charge in [0, 0.05) is 42.7 Å². The summed E-state index contributed by atoms with van der Waals surface area (Å²) >= 11 is 0. The maximum atomic E-state index is 12.9. The summed E-state index contributed by atoms with van der Waals surface area (Å²) in [6.07, 6.45) is 6.06. The Morgan fingerprint density at radius 1 is 1.16 bits per heavy atom. The van der Waals surface area contributed by atoms with Gasteiger partial charge in [0.1, 0.15) is 17.0 Å². The van der Waals surface area contributed by atoms with E-state index in [0.717, 1.165) is 24.0 Å². The van der Waals surface area contributed by atoms with Gasteiger partial charge in [0.2, 0.25) is 5.91 Å². The van der Waals surface area contributed by atoms with Gasteiger partial charge < -0.3 is 24.7 Å². The first-order valence-corrected chi connectivity index (χ1v) is 12.6. The normalized spacial score (nSPS) is 13.5. The van der Waals surface area contributed by atoms with Gasteiger partial charge in [-0.05, 0) is 63.3 Å². The van der Waals surface area contributed by atoms with Crippen molar-refractivity contribution in [3.8, 4) is 16.9 Å². The molecule has 2 aromatic heterocycles. The van der Waals surface area contributed by atoms with Crippen molar-refractivity contribution in [1.29, 1.82) is 0 Å². The molecule has 0 aliphatic heterocycles. The van der Waals surface area contributed by atoms with Crippen LogP contribution in [0.15, 0.2) is 35.3 Å². The molecule has 0 unspecified atom stereocenters. The molecule has 37 heavy (non-hydrogen) atoms. The highest BCUT2D eigenvalue weighted by Gasteiger charge is 2.27. The summed E-state index contributed by atoms with van der Waals surface area (Å²) < 4.78 is 7.63. The van der Waals surface area contributed by atoms with Crippen LogP contribution in [0, 0.1) is 0 Å². The Bertz CT molecular complexity index is 1360. The summed E-state index contributed by atoms with van der Waals surface area (Å²) in [4.78, 5) is 39.8. The number of carbonyl (C=O) groups excluding carboxylic acids is 2. The summed E-state index contributed by atoms with van der Waals surface area (Å²) in [6, 6.07) is 7.24. The summed E-state index contributed by atoms with van der Waals surface area (Å²) in [5.74, 6) is -0.104. The molecule has 1 saturated carbocycles. The lowest BCUT2D eigenvalue weighted by molar-refractivity contribution is -0.129. The molecule has 2 amide bonds. The lowest BCUT2D eigenvalue weighted by Gasteiger charge is -2.21. The monoisotopic (exact) mass is 510 g/mol. The van der Waals surface area contributed by atoms with Crippen molar-refractivity contribution in [1.82, 2.24) is 20.3 Å².